The molecule has 31 heavy (non-hydrogen) atoms. The second-order valence-electron chi connectivity index (χ2n) is 8.09. The van der Waals surface area contributed by atoms with Gasteiger partial charge in [0, 0.05) is 31.9 Å². The first-order valence-corrected chi connectivity index (χ1v) is 10.3. The molecular weight excluding hydrogens is 390 g/mol. The normalized spacial score (nSPS) is 19.3. The summed E-state index contributed by atoms with van der Waals surface area (Å²) in [6.45, 7) is 10.0. The molecule has 1 amide bonds. The maximum atomic E-state index is 13.1. The molecule has 1 fully saturated rings. The highest BCUT2D eigenvalue weighted by molar-refractivity contribution is 5.98. The molecule has 0 radical (unpaired) electrons. The zero-order chi connectivity index (χ0) is 22.6. The minimum atomic E-state index is -0.693. The lowest BCUT2D eigenvalue weighted by Gasteiger charge is -2.43. The smallest absolute Gasteiger partial charge is 0.411 e. The topological polar surface area (TPSA) is 86.5 Å². The van der Waals surface area contributed by atoms with Gasteiger partial charge in [0.15, 0.2) is 5.90 Å². The van der Waals surface area contributed by atoms with Gasteiger partial charge in [-0.15, -0.1) is 0 Å². The molecule has 0 unspecified atom stereocenters. The average molecular weight is 420 g/mol. The summed E-state index contributed by atoms with van der Waals surface area (Å²) in [4.78, 5) is 14.8. The summed E-state index contributed by atoms with van der Waals surface area (Å²) in [5.41, 5.74) is 2.78. The van der Waals surface area contributed by atoms with Crippen LogP contribution in [0.5, 0.6) is 0 Å². The number of nitrogens with one attached hydrogen (secondary N) is 2. The van der Waals surface area contributed by atoms with Crippen LogP contribution in [0, 0.1) is 10.8 Å². The first kappa shape index (κ1) is 22.3. The van der Waals surface area contributed by atoms with Gasteiger partial charge in [0.25, 0.3) is 0 Å². The Morgan fingerprint density at radius 2 is 1.81 bits per heavy atom. The highest BCUT2D eigenvalue weighted by Gasteiger charge is 2.43. The number of hydrogen-bond donors (Lipinski definition) is 2. The number of ether oxygens (including phenoxy) is 2. The molecule has 1 saturated heterocycles. The number of amides is 1. The van der Waals surface area contributed by atoms with E-state index in [0.29, 0.717) is 24.9 Å². The predicted molar refractivity (Wildman–Crippen MR) is 122 cm³/mol. The molecule has 3 rings (SSSR count). The van der Waals surface area contributed by atoms with Gasteiger partial charge in [0.05, 0.1) is 6.04 Å². The van der Waals surface area contributed by atoms with Gasteiger partial charge in [-0.2, -0.15) is 0 Å². The van der Waals surface area contributed by atoms with Crippen molar-refractivity contribution >= 4 is 17.9 Å². The van der Waals surface area contributed by atoms with Gasteiger partial charge in [-0.05, 0) is 37.1 Å². The van der Waals surface area contributed by atoms with Crippen molar-refractivity contribution in [2.24, 2.45) is 0 Å². The zero-order valence-electron chi connectivity index (χ0n) is 18.3. The Balaban J connectivity index is 1.77. The largest absolute Gasteiger partial charge is 0.437 e. The highest BCUT2D eigenvalue weighted by Crippen LogP contribution is 2.41. The van der Waals surface area contributed by atoms with Gasteiger partial charge in [0.2, 0.25) is 5.90 Å². The summed E-state index contributed by atoms with van der Waals surface area (Å²) in [6.07, 6.45) is 0.923. The second kappa shape index (κ2) is 9.16. The van der Waals surface area contributed by atoms with Crippen molar-refractivity contribution in [2.45, 2.75) is 45.3 Å². The van der Waals surface area contributed by atoms with E-state index in [4.69, 9.17) is 20.3 Å². The van der Waals surface area contributed by atoms with Crippen LogP contribution in [0.25, 0.3) is 0 Å². The maximum Gasteiger partial charge on any atom is 0.411 e. The molecule has 2 N–H and O–H groups in total. The van der Waals surface area contributed by atoms with Crippen molar-refractivity contribution in [3.05, 3.63) is 83.4 Å². The summed E-state index contributed by atoms with van der Waals surface area (Å²) >= 11 is 0. The van der Waals surface area contributed by atoms with E-state index in [1.54, 1.807) is 17.0 Å². The first-order valence-electron chi connectivity index (χ1n) is 10.3. The predicted octanol–water partition coefficient (Wildman–Crippen LogP) is 5.79. The van der Waals surface area contributed by atoms with Crippen molar-refractivity contribution in [1.82, 2.24) is 4.90 Å². The molecule has 1 aliphatic rings. The summed E-state index contributed by atoms with van der Waals surface area (Å²) < 4.78 is 11.1. The Labute approximate surface area is 183 Å². The van der Waals surface area contributed by atoms with Gasteiger partial charge >= 0.3 is 6.09 Å². The molecule has 2 aromatic rings. The van der Waals surface area contributed by atoms with Gasteiger partial charge in [-0.25, -0.2) is 4.79 Å². The van der Waals surface area contributed by atoms with E-state index in [9.17, 15) is 4.79 Å². The van der Waals surface area contributed by atoms with Crippen LogP contribution in [0.3, 0.4) is 0 Å². The Bertz CT molecular complexity index is 985. The van der Waals surface area contributed by atoms with Crippen LogP contribution >= 0.6 is 0 Å². The SMILES string of the molecule is C=C(C)C[C@]1(c2ccccc2)CCN([C@@H](C)c2ccc(C(=N)OC(C)=N)cc2)C(=O)O1. The third-order valence-corrected chi connectivity index (χ3v) is 5.54. The van der Waals surface area contributed by atoms with E-state index in [-0.39, 0.29) is 23.9 Å². The standard InChI is InChI=1S/C25H29N3O3/c1-17(2)16-25(22-8-6-5-7-9-22)14-15-28(24(29)31-25)18(3)20-10-12-21(13-11-20)23(27)30-19(4)26/h5-13,18,26-27H,1,14-16H2,2-4H3/t18-,25-/m0/s1. The van der Waals surface area contributed by atoms with Crippen LogP contribution in [0.1, 0.15) is 56.3 Å². The Morgan fingerprint density at radius 1 is 1.16 bits per heavy atom. The number of carbonyl (C=O) groups is 1. The van der Waals surface area contributed by atoms with Crippen molar-refractivity contribution in [3.63, 3.8) is 0 Å². The van der Waals surface area contributed by atoms with Crippen LogP contribution in [0.2, 0.25) is 0 Å². The molecule has 2 aromatic carbocycles. The number of cyclic esters (lactones) is 1. The number of benzene rings is 2. The zero-order valence-corrected chi connectivity index (χ0v) is 18.3. The fourth-order valence-electron chi connectivity index (χ4n) is 3.99. The minimum absolute atomic E-state index is 0.0323. The lowest BCUT2D eigenvalue weighted by molar-refractivity contribution is -0.0602. The van der Waals surface area contributed by atoms with E-state index in [1.807, 2.05) is 56.3 Å². The second-order valence-corrected chi connectivity index (χ2v) is 8.09. The fourth-order valence-corrected chi connectivity index (χ4v) is 3.99. The average Bonchev–Trinajstić information content (AvgIpc) is 2.73. The molecule has 6 nitrogen and oxygen atoms in total. The summed E-state index contributed by atoms with van der Waals surface area (Å²) in [5, 5.41) is 15.2. The van der Waals surface area contributed by atoms with Crippen LogP contribution < -0.4 is 0 Å². The summed E-state index contributed by atoms with van der Waals surface area (Å²) in [7, 11) is 0. The lowest BCUT2D eigenvalue weighted by atomic mass is 9.83. The van der Waals surface area contributed by atoms with Crippen LogP contribution in [-0.4, -0.2) is 29.3 Å². The van der Waals surface area contributed by atoms with Gasteiger partial charge < -0.3 is 14.4 Å². The molecule has 0 spiro atoms. The number of rotatable bonds is 6. The number of nitrogens with zero attached hydrogens (tertiary/aromatic N) is 1. The van der Waals surface area contributed by atoms with Gasteiger partial charge in [-0.3, -0.25) is 10.8 Å². The Morgan fingerprint density at radius 3 is 2.35 bits per heavy atom. The third kappa shape index (κ3) is 5.02. The molecule has 0 saturated carbocycles. The molecule has 2 atom stereocenters. The molecule has 0 bridgehead atoms. The maximum absolute atomic E-state index is 13.1. The van der Waals surface area contributed by atoms with E-state index in [2.05, 4.69) is 6.58 Å². The van der Waals surface area contributed by atoms with E-state index < -0.39 is 5.60 Å². The Kier molecular flexibility index (Phi) is 6.59. The van der Waals surface area contributed by atoms with Crippen LogP contribution in [-0.2, 0) is 15.1 Å². The summed E-state index contributed by atoms with van der Waals surface area (Å²) in [5.74, 6) is -0.105. The van der Waals surface area contributed by atoms with Crippen molar-refractivity contribution < 1.29 is 14.3 Å². The summed E-state index contributed by atoms with van der Waals surface area (Å²) in [6, 6.07) is 17.0. The molecule has 1 heterocycles. The van der Waals surface area contributed by atoms with E-state index >= 15 is 0 Å². The van der Waals surface area contributed by atoms with Crippen molar-refractivity contribution in [2.75, 3.05) is 6.54 Å². The number of carbonyl (C=O) groups excluding carboxylic acids is 1. The first-order chi connectivity index (χ1) is 14.7. The Hall–Kier alpha value is -3.41. The molecule has 6 heteroatoms. The van der Waals surface area contributed by atoms with Crippen LogP contribution in [0.4, 0.5) is 4.79 Å². The molecule has 162 valence electrons. The van der Waals surface area contributed by atoms with E-state index in [0.717, 1.165) is 16.7 Å². The third-order valence-electron chi connectivity index (χ3n) is 5.54. The molecular formula is C25H29N3O3. The lowest BCUT2D eigenvalue weighted by Crippen LogP contribution is -2.48. The molecule has 0 aromatic heterocycles. The molecule has 1 aliphatic heterocycles. The fraction of sp³-hybridized carbons (Fsp3) is 0.320. The van der Waals surface area contributed by atoms with Crippen molar-refractivity contribution in [3.8, 4) is 0 Å². The minimum Gasteiger partial charge on any atom is -0.437 e. The van der Waals surface area contributed by atoms with E-state index in [1.165, 1.54) is 6.92 Å². The van der Waals surface area contributed by atoms with Crippen LogP contribution in [0.15, 0.2) is 66.7 Å². The van der Waals surface area contributed by atoms with Gasteiger partial charge in [-0.1, -0.05) is 54.6 Å². The number of hydrogen-bond acceptors (Lipinski definition) is 5. The quantitative estimate of drug-likeness (QED) is 0.353. The van der Waals surface area contributed by atoms with Crippen molar-refractivity contribution in [1.29, 1.82) is 10.8 Å². The highest BCUT2D eigenvalue weighted by atomic mass is 16.6. The monoisotopic (exact) mass is 419 g/mol. The van der Waals surface area contributed by atoms with Gasteiger partial charge in [0.1, 0.15) is 5.60 Å². The molecule has 0 aliphatic carbocycles.